The van der Waals surface area contributed by atoms with Gasteiger partial charge in [0.2, 0.25) is 0 Å². The van der Waals surface area contributed by atoms with Crippen LogP contribution in [0.5, 0.6) is 0 Å². The lowest BCUT2D eigenvalue weighted by Gasteiger charge is -2.10. The Labute approximate surface area is 164 Å². The fourth-order valence-corrected chi connectivity index (χ4v) is 2.89. The first-order chi connectivity index (χ1) is 13.7. The zero-order valence-corrected chi connectivity index (χ0v) is 16.1. The third-order valence-electron chi connectivity index (χ3n) is 4.35. The largest absolute Gasteiger partial charge is 0.416 e. The van der Waals surface area contributed by atoms with Gasteiger partial charge in [0, 0.05) is 12.6 Å². The second-order valence-electron chi connectivity index (χ2n) is 6.45. The van der Waals surface area contributed by atoms with E-state index in [1.54, 1.807) is 45.2 Å². The van der Waals surface area contributed by atoms with Crippen molar-refractivity contribution in [3.8, 4) is 5.69 Å². The molecule has 0 N–H and O–H groups in total. The lowest BCUT2D eigenvalue weighted by Crippen LogP contribution is -2.22. The van der Waals surface area contributed by atoms with Crippen molar-refractivity contribution < 1.29 is 18.0 Å². The molecule has 6 nitrogen and oxygen atoms in total. The highest BCUT2D eigenvalue weighted by atomic mass is 19.4. The smallest absolute Gasteiger partial charge is 0.391 e. The molecular weight excluding hydrogens is 385 g/mol. The van der Waals surface area contributed by atoms with Crippen LogP contribution in [0.25, 0.3) is 5.69 Å². The Morgan fingerprint density at radius 2 is 1.90 bits per heavy atom. The summed E-state index contributed by atoms with van der Waals surface area (Å²) in [5, 5.41) is 8.05. The van der Waals surface area contributed by atoms with E-state index in [-0.39, 0.29) is 12.3 Å². The van der Waals surface area contributed by atoms with Crippen molar-refractivity contribution in [3.63, 3.8) is 0 Å². The maximum Gasteiger partial charge on any atom is 0.416 e. The summed E-state index contributed by atoms with van der Waals surface area (Å²) >= 11 is 0. The zero-order valence-electron chi connectivity index (χ0n) is 16.1. The van der Waals surface area contributed by atoms with Gasteiger partial charge in [-0.3, -0.25) is 0 Å². The Hall–Kier alpha value is -3.36. The number of alkyl halides is 3. The molecule has 2 aromatic carbocycles. The van der Waals surface area contributed by atoms with Gasteiger partial charge in [-0.25, -0.2) is 14.0 Å². The Morgan fingerprint density at radius 1 is 1.17 bits per heavy atom. The number of halogens is 3. The predicted octanol–water partition coefficient (Wildman–Crippen LogP) is 3.84. The van der Waals surface area contributed by atoms with Crippen LogP contribution < -0.4 is 5.69 Å². The van der Waals surface area contributed by atoms with Gasteiger partial charge in [-0.1, -0.05) is 35.5 Å². The Morgan fingerprint density at radius 3 is 2.55 bits per heavy atom. The fraction of sp³-hybridized carbons (Fsp3) is 0.250. The number of rotatable bonds is 5. The van der Waals surface area contributed by atoms with Crippen LogP contribution in [0.4, 0.5) is 13.2 Å². The first-order valence-electron chi connectivity index (χ1n) is 8.73. The standard InChI is InChI=1S/C20H19F3N4O2/c1-13(15-8-6-9-17(11-15)20(21,22)23)25-29-12-16-7-4-5-10-18(16)27-14(2)24-26(3)19(27)28/h4-11H,12H2,1-3H3/b25-13+. The molecule has 0 bridgehead atoms. The summed E-state index contributed by atoms with van der Waals surface area (Å²) in [5.41, 5.74) is 0.872. The van der Waals surface area contributed by atoms with Gasteiger partial charge in [0.25, 0.3) is 0 Å². The van der Waals surface area contributed by atoms with Gasteiger partial charge < -0.3 is 4.84 Å². The number of para-hydroxylation sites is 1. The monoisotopic (exact) mass is 404 g/mol. The van der Waals surface area contributed by atoms with Crippen LogP contribution in [-0.4, -0.2) is 20.1 Å². The van der Waals surface area contributed by atoms with Gasteiger partial charge in [0.15, 0.2) is 0 Å². The number of aryl methyl sites for hydroxylation is 2. The van der Waals surface area contributed by atoms with E-state index < -0.39 is 11.7 Å². The van der Waals surface area contributed by atoms with Crippen molar-refractivity contribution in [2.45, 2.75) is 26.6 Å². The minimum Gasteiger partial charge on any atom is -0.391 e. The topological polar surface area (TPSA) is 61.4 Å². The fourth-order valence-electron chi connectivity index (χ4n) is 2.89. The summed E-state index contributed by atoms with van der Waals surface area (Å²) in [6.45, 7) is 3.32. The van der Waals surface area contributed by atoms with E-state index in [1.165, 1.54) is 21.4 Å². The van der Waals surface area contributed by atoms with Gasteiger partial charge in [-0.15, -0.1) is 0 Å². The highest BCUT2D eigenvalue weighted by molar-refractivity contribution is 5.98. The second-order valence-corrected chi connectivity index (χ2v) is 6.45. The molecule has 9 heteroatoms. The molecule has 0 spiro atoms. The number of hydrogen-bond donors (Lipinski definition) is 0. The molecule has 0 amide bonds. The van der Waals surface area contributed by atoms with E-state index in [1.807, 2.05) is 0 Å². The average molecular weight is 404 g/mol. The van der Waals surface area contributed by atoms with E-state index >= 15 is 0 Å². The molecule has 3 aromatic rings. The predicted molar refractivity (Wildman–Crippen MR) is 102 cm³/mol. The average Bonchev–Trinajstić information content (AvgIpc) is 2.93. The van der Waals surface area contributed by atoms with E-state index in [0.29, 0.717) is 28.4 Å². The summed E-state index contributed by atoms with van der Waals surface area (Å²) in [6, 6.07) is 12.0. The minimum atomic E-state index is -4.43. The molecule has 1 heterocycles. The van der Waals surface area contributed by atoms with Gasteiger partial charge in [-0.05, 0) is 37.6 Å². The molecule has 29 heavy (non-hydrogen) atoms. The van der Waals surface area contributed by atoms with Crippen LogP contribution in [0.2, 0.25) is 0 Å². The summed E-state index contributed by atoms with van der Waals surface area (Å²) < 4.78 is 41.3. The van der Waals surface area contributed by atoms with Crippen LogP contribution in [0.3, 0.4) is 0 Å². The highest BCUT2D eigenvalue weighted by Crippen LogP contribution is 2.29. The minimum absolute atomic E-state index is 0.0350. The molecule has 0 saturated carbocycles. The first-order valence-corrected chi connectivity index (χ1v) is 8.73. The van der Waals surface area contributed by atoms with Crippen molar-refractivity contribution >= 4 is 5.71 Å². The molecule has 0 saturated heterocycles. The molecule has 3 rings (SSSR count). The Balaban J connectivity index is 1.82. The van der Waals surface area contributed by atoms with Crippen LogP contribution >= 0.6 is 0 Å². The van der Waals surface area contributed by atoms with E-state index in [0.717, 1.165) is 12.1 Å². The lowest BCUT2D eigenvalue weighted by molar-refractivity contribution is -0.137. The molecule has 0 aliphatic heterocycles. The maximum absolute atomic E-state index is 12.9. The first kappa shape index (κ1) is 20.4. The number of nitrogens with zero attached hydrogens (tertiary/aromatic N) is 4. The Kier molecular flexibility index (Phi) is 5.58. The molecule has 0 aliphatic rings. The highest BCUT2D eigenvalue weighted by Gasteiger charge is 2.30. The third-order valence-corrected chi connectivity index (χ3v) is 4.35. The normalized spacial score (nSPS) is 12.3. The van der Waals surface area contributed by atoms with Crippen molar-refractivity contribution in [2.24, 2.45) is 12.2 Å². The Bertz CT molecular complexity index is 1110. The molecule has 0 unspecified atom stereocenters. The van der Waals surface area contributed by atoms with Crippen molar-refractivity contribution in [1.29, 1.82) is 0 Å². The van der Waals surface area contributed by atoms with Gasteiger partial charge in [0.05, 0.1) is 17.0 Å². The third kappa shape index (κ3) is 4.39. The van der Waals surface area contributed by atoms with Gasteiger partial charge in [0.1, 0.15) is 12.4 Å². The molecule has 152 valence electrons. The SMILES string of the molecule is C/C(=N\OCc1ccccc1-n1c(C)nn(C)c1=O)c1cccc(C(F)(F)F)c1. The lowest BCUT2D eigenvalue weighted by atomic mass is 10.1. The van der Waals surface area contributed by atoms with E-state index in [4.69, 9.17) is 4.84 Å². The van der Waals surface area contributed by atoms with Crippen molar-refractivity contribution in [3.05, 3.63) is 81.5 Å². The van der Waals surface area contributed by atoms with Crippen LogP contribution in [0.15, 0.2) is 58.5 Å². The molecule has 0 radical (unpaired) electrons. The number of benzene rings is 2. The van der Waals surface area contributed by atoms with E-state index in [9.17, 15) is 18.0 Å². The van der Waals surface area contributed by atoms with Crippen molar-refractivity contribution in [1.82, 2.24) is 14.3 Å². The maximum atomic E-state index is 12.9. The zero-order chi connectivity index (χ0) is 21.2. The summed E-state index contributed by atoms with van der Waals surface area (Å²) in [7, 11) is 1.56. The molecule has 0 atom stereocenters. The second kappa shape index (κ2) is 7.94. The van der Waals surface area contributed by atoms with Gasteiger partial charge in [-0.2, -0.15) is 18.3 Å². The number of aromatic nitrogens is 3. The number of hydrogen-bond acceptors (Lipinski definition) is 4. The van der Waals surface area contributed by atoms with Crippen LogP contribution in [0, 0.1) is 6.92 Å². The number of oxime groups is 1. The van der Waals surface area contributed by atoms with Crippen LogP contribution in [-0.2, 0) is 24.7 Å². The van der Waals surface area contributed by atoms with Gasteiger partial charge >= 0.3 is 11.9 Å². The van der Waals surface area contributed by atoms with Crippen molar-refractivity contribution in [2.75, 3.05) is 0 Å². The van der Waals surface area contributed by atoms with E-state index in [2.05, 4.69) is 10.3 Å². The summed E-state index contributed by atoms with van der Waals surface area (Å²) in [6.07, 6.45) is -4.43. The van der Waals surface area contributed by atoms with Crippen LogP contribution in [0.1, 0.15) is 29.4 Å². The quantitative estimate of drug-likeness (QED) is 0.480. The summed E-state index contributed by atoms with van der Waals surface area (Å²) in [4.78, 5) is 17.7. The molecular formula is C20H19F3N4O2. The molecule has 0 fully saturated rings. The summed E-state index contributed by atoms with van der Waals surface area (Å²) in [5.74, 6) is 0.522. The molecule has 1 aromatic heterocycles. The molecule has 0 aliphatic carbocycles.